The van der Waals surface area contributed by atoms with Gasteiger partial charge in [0, 0.05) is 23.1 Å². The Labute approximate surface area is 160 Å². The lowest BCUT2D eigenvalue weighted by Crippen LogP contribution is -2.34. The van der Waals surface area contributed by atoms with Crippen LogP contribution in [0.2, 0.25) is 0 Å². The monoisotopic (exact) mass is 432 g/mol. The van der Waals surface area contributed by atoms with Crippen LogP contribution in [0.3, 0.4) is 0 Å². The molecule has 3 aromatic carbocycles. The first kappa shape index (κ1) is 18.6. The van der Waals surface area contributed by atoms with Crippen molar-refractivity contribution in [2.75, 3.05) is 13.1 Å². The van der Waals surface area contributed by atoms with Crippen LogP contribution in [0.1, 0.15) is 10.4 Å². The van der Waals surface area contributed by atoms with Crippen molar-refractivity contribution in [2.24, 2.45) is 0 Å². The van der Waals surface area contributed by atoms with E-state index >= 15 is 0 Å². The van der Waals surface area contributed by atoms with E-state index in [1.165, 1.54) is 12.1 Å². The molecule has 134 valence electrons. The smallest absolute Gasteiger partial charge is 0.251 e. The van der Waals surface area contributed by atoms with Gasteiger partial charge in [-0.2, -0.15) is 0 Å². The molecule has 0 saturated carbocycles. The first-order valence-corrected chi connectivity index (χ1v) is 10.3. The SMILES string of the molecule is O=C(NCCNS(=O)(=O)c1ccc(Br)cc1)c1cccc2ccccc12. The molecule has 0 bridgehead atoms. The van der Waals surface area contributed by atoms with Gasteiger partial charge in [0.15, 0.2) is 0 Å². The maximum absolute atomic E-state index is 12.4. The average molecular weight is 433 g/mol. The second-order valence-corrected chi connectivity index (χ2v) is 8.32. The lowest BCUT2D eigenvalue weighted by molar-refractivity contribution is 0.0956. The number of nitrogens with one attached hydrogen (secondary N) is 2. The first-order chi connectivity index (χ1) is 12.5. The van der Waals surface area contributed by atoms with Crippen LogP contribution in [0.4, 0.5) is 0 Å². The summed E-state index contributed by atoms with van der Waals surface area (Å²) >= 11 is 3.27. The molecule has 0 atom stereocenters. The van der Waals surface area contributed by atoms with E-state index in [1.54, 1.807) is 18.2 Å². The number of fused-ring (bicyclic) bond motifs is 1. The van der Waals surface area contributed by atoms with Crippen LogP contribution in [0, 0.1) is 0 Å². The van der Waals surface area contributed by atoms with Crippen molar-refractivity contribution in [2.45, 2.75) is 4.90 Å². The number of carbonyl (C=O) groups excluding carboxylic acids is 1. The van der Waals surface area contributed by atoms with E-state index in [2.05, 4.69) is 26.0 Å². The highest BCUT2D eigenvalue weighted by molar-refractivity contribution is 9.10. The Morgan fingerprint density at radius 1 is 0.885 bits per heavy atom. The fourth-order valence-electron chi connectivity index (χ4n) is 2.58. The van der Waals surface area contributed by atoms with Crippen molar-refractivity contribution in [3.8, 4) is 0 Å². The molecule has 0 fully saturated rings. The lowest BCUT2D eigenvalue weighted by atomic mass is 10.0. The highest BCUT2D eigenvalue weighted by atomic mass is 79.9. The summed E-state index contributed by atoms with van der Waals surface area (Å²) in [5.41, 5.74) is 0.568. The van der Waals surface area contributed by atoms with Gasteiger partial charge in [0.05, 0.1) is 4.90 Å². The van der Waals surface area contributed by atoms with Gasteiger partial charge in [-0.3, -0.25) is 4.79 Å². The van der Waals surface area contributed by atoms with Gasteiger partial charge >= 0.3 is 0 Å². The fraction of sp³-hybridized carbons (Fsp3) is 0.105. The van der Waals surface area contributed by atoms with Crippen molar-refractivity contribution in [1.82, 2.24) is 10.0 Å². The molecule has 0 radical (unpaired) electrons. The summed E-state index contributed by atoms with van der Waals surface area (Å²) in [6, 6.07) is 19.5. The molecule has 5 nitrogen and oxygen atoms in total. The maximum Gasteiger partial charge on any atom is 0.251 e. The van der Waals surface area contributed by atoms with Crippen LogP contribution in [-0.2, 0) is 10.0 Å². The van der Waals surface area contributed by atoms with E-state index in [-0.39, 0.29) is 23.9 Å². The summed E-state index contributed by atoms with van der Waals surface area (Å²) in [6.07, 6.45) is 0. The Morgan fingerprint density at radius 3 is 2.35 bits per heavy atom. The Kier molecular flexibility index (Phi) is 5.70. The third kappa shape index (κ3) is 4.30. The van der Waals surface area contributed by atoms with Crippen LogP contribution in [-0.4, -0.2) is 27.4 Å². The number of hydrogen-bond acceptors (Lipinski definition) is 3. The van der Waals surface area contributed by atoms with Gasteiger partial charge in [-0.05, 0) is 41.1 Å². The third-order valence-corrected chi connectivity index (χ3v) is 5.87. The Bertz CT molecular complexity index is 1030. The van der Waals surface area contributed by atoms with Crippen molar-refractivity contribution >= 4 is 42.6 Å². The van der Waals surface area contributed by atoms with Gasteiger partial charge in [0.25, 0.3) is 5.91 Å². The minimum Gasteiger partial charge on any atom is -0.351 e. The summed E-state index contributed by atoms with van der Waals surface area (Å²) in [4.78, 5) is 12.6. The predicted molar refractivity (Wildman–Crippen MR) is 106 cm³/mol. The topological polar surface area (TPSA) is 75.3 Å². The predicted octanol–water partition coefficient (Wildman–Crippen LogP) is 3.31. The molecule has 26 heavy (non-hydrogen) atoms. The van der Waals surface area contributed by atoms with E-state index in [4.69, 9.17) is 0 Å². The quantitative estimate of drug-likeness (QED) is 0.586. The number of sulfonamides is 1. The molecule has 0 aromatic heterocycles. The van der Waals surface area contributed by atoms with E-state index in [9.17, 15) is 13.2 Å². The number of carbonyl (C=O) groups is 1. The van der Waals surface area contributed by atoms with E-state index in [0.29, 0.717) is 5.56 Å². The maximum atomic E-state index is 12.4. The molecule has 0 aliphatic rings. The average Bonchev–Trinajstić information content (AvgIpc) is 2.65. The zero-order valence-corrected chi connectivity index (χ0v) is 16.2. The second kappa shape index (κ2) is 7.99. The minimum atomic E-state index is -3.60. The summed E-state index contributed by atoms with van der Waals surface area (Å²) < 4.78 is 27.7. The lowest BCUT2D eigenvalue weighted by Gasteiger charge is -2.10. The number of halogens is 1. The fourth-order valence-corrected chi connectivity index (χ4v) is 3.87. The molecule has 3 rings (SSSR count). The third-order valence-electron chi connectivity index (χ3n) is 3.86. The molecule has 0 saturated heterocycles. The van der Waals surface area contributed by atoms with Crippen LogP contribution >= 0.6 is 15.9 Å². The largest absolute Gasteiger partial charge is 0.351 e. The van der Waals surface area contributed by atoms with Gasteiger partial charge in [0.1, 0.15) is 0 Å². The highest BCUT2D eigenvalue weighted by Crippen LogP contribution is 2.18. The molecule has 0 aliphatic heterocycles. The van der Waals surface area contributed by atoms with Crippen LogP contribution < -0.4 is 10.0 Å². The van der Waals surface area contributed by atoms with Gasteiger partial charge in [-0.1, -0.05) is 52.3 Å². The van der Waals surface area contributed by atoms with E-state index < -0.39 is 10.0 Å². The highest BCUT2D eigenvalue weighted by Gasteiger charge is 2.14. The van der Waals surface area contributed by atoms with Gasteiger partial charge in [-0.25, -0.2) is 13.1 Å². The molecule has 2 N–H and O–H groups in total. The summed E-state index contributed by atoms with van der Waals surface area (Å²) in [6.45, 7) is 0.298. The van der Waals surface area contributed by atoms with E-state index in [0.717, 1.165) is 15.2 Å². The number of rotatable bonds is 6. The normalized spacial score (nSPS) is 11.4. The molecule has 0 heterocycles. The standard InChI is InChI=1S/C19H17BrN2O3S/c20-15-8-10-16(11-9-15)26(24,25)22-13-12-21-19(23)18-7-3-5-14-4-1-2-6-17(14)18/h1-11,22H,12-13H2,(H,21,23). The van der Waals surface area contributed by atoms with Crippen LogP contribution in [0.5, 0.6) is 0 Å². The molecule has 7 heteroatoms. The zero-order chi connectivity index (χ0) is 18.6. The molecule has 0 unspecified atom stereocenters. The van der Waals surface area contributed by atoms with Gasteiger partial charge in [0.2, 0.25) is 10.0 Å². The number of amides is 1. The van der Waals surface area contributed by atoms with Crippen molar-refractivity contribution in [1.29, 1.82) is 0 Å². The van der Waals surface area contributed by atoms with Crippen molar-refractivity contribution in [3.05, 3.63) is 76.8 Å². The summed E-state index contributed by atoms with van der Waals surface area (Å²) in [5, 5.41) is 4.60. The number of benzene rings is 3. The molecule has 0 aliphatic carbocycles. The summed E-state index contributed by atoms with van der Waals surface area (Å²) in [7, 11) is -3.60. The molecule has 3 aromatic rings. The van der Waals surface area contributed by atoms with E-state index in [1.807, 2.05) is 36.4 Å². The van der Waals surface area contributed by atoms with Crippen molar-refractivity contribution < 1.29 is 13.2 Å². The van der Waals surface area contributed by atoms with Crippen molar-refractivity contribution in [3.63, 3.8) is 0 Å². The molecule has 1 amide bonds. The molecule has 0 spiro atoms. The Hall–Kier alpha value is -2.22. The number of hydrogen-bond donors (Lipinski definition) is 2. The summed E-state index contributed by atoms with van der Waals surface area (Å²) in [5.74, 6) is -0.232. The minimum absolute atomic E-state index is 0.106. The molecular weight excluding hydrogens is 416 g/mol. The Morgan fingerprint density at radius 2 is 1.58 bits per heavy atom. The van der Waals surface area contributed by atoms with Crippen LogP contribution in [0.15, 0.2) is 76.1 Å². The van der Waals surface area contributed by atoms with Gasteiger partial charge < -0.3 is 5.32 Å². The Balaban J connectivity index is 1.59. The zero-order valence-electron chi connectivity index (χ0n) is 13.8. The second-order valence-electron chi connectivity index (χ2n) is 5.63. The van der Waals surface area contributed by atoms with Crippen LogP contribution in [0.25, 0.3) is 10.8 Å². The molecular formula is C19H17BrN2O3S. The first-order valence-electron chi connectivity index (χ1n) is 7.98. The van der Waals surface area contributed by atoms with Gasteiger partial charge in [-0.15, -0.1) is 0 Å².